The number of amides is 1. The third-order valence-corrected chi connectivity index (χ3v) is 3.97. The Hall–Kier alpha value is -0.620. The van der Waals surface area contributed by atoms with Crippen LogP contribution in [-0.4, -0.2) is 37.0 Å². The van der Waals surface area contributed by atoms with Gasteiger partial charge < -0.3 is 10.2 Å². The summed E-state index contributed by atoms with van der Waals surface area (Å²) >= 11 is 2.19. The van der Waals surface area contributed by atoms with E-state index in [9.17, 15) is 4.79 Å². The van der Waals surface area contributed by atoms with E-state index in [1.54, 1.807) is 0 Å². The average Bonchev–Trinajstić information content (AvgIpc) is 2.82. The lowest BCUT2D eigenvalue weighted by Crippen LogP contribution is -2.33. The zero-order valence-corrected chi connectivity index (χ0v) is 11.9. The molecule has 0 radical (unpaired) electrons. The molecule has 3 nitrogen and oxygen atoms in total. The fraction of sp³-hybridized carbons (Fsp3) is 0.462. The quantitative estimate of drug-likeness (QED) is 0.849. The molecule has 0 saturated carbocycles. The van der Waals surface area contributed by atoms with Crippen LogP contribution in [0, 0.1) is 3.57 Å². The summed E-state index contributed by atoms with van der Waals surface area (Å²) in [6.07, 6.45) is 2.59. The minimum Gasteiger partial charge on any atom is -0.351 e. The van der Waals surface area contributed by atoms with E-state index in [1.807, 2.05) is 24.3 Å². The minimum absolute atomic E-state index is 0.0363. The molecule has 1 heterocycles. The molecule has 1 fully saturated rings. The van der Waals surface area contributed by atoms with Gasteiger partial charge >= 0.3 is 0 Å². The normalized spacial score (nSPS) is 16.1. The molecule has 1 N–H and O–H groups in total. The van der Waals surface area contributed by atoms with Gasteiger partial charge in [0.1, 0.15) is 0 Å². The van der Waals surface area contributed by atoms with Crippen LogP contribution < -0.4 is 5.32 Å². The van der Waals surface area contributed by atoms with Crippen molar-refractivity contribution < 1.29 is 4.79 Å². The van der Waals surface area contributed by atoms with Gasteiger partial charge in [-0.3, -0.25) is 4.79 Å². The van der Waals surface area contributed by atoms with E-state index in [0.717, 1.165) is 22.2 Å². The van der Waals surface area contributed by atoms with Crippen molar-refractivity contribution in [3.63, 3.8) is 0 Å². The Labute approximate surface area is 116 Å². The Morgan fingerprint density at radius 2 is 2.00 bits per heavy atom. The van der Waals surface area contributed by atoms with Crippen LogP contribution in [0.3, 0.4) is 0 Å². The van der Waals surface area contributed by atoms with Crippen LogP contribution in [0.25, 0.3) is 0 Å². The van der Waals surface area contributed by atoms with Crippen molar-refractivity contribution in [1.29, 1.82) is 0 Å². The maximum atomic E-state index is 11.9. The first-order valence-electron chi connectivity index (χ1n) is 6.02. The largest absolute Gasteiger partial charge is 0.351 e. The molecule has 1 aromatic carbocycles. The molecule has 0 aromatic heterocycles. The Bertz CT molecular complexity index is 389. The van der Waals surface area contributed by atoms with Gasteiger partial charge in [-0.2, -0.15) is 0 Å². The summed E-state index contributed by atoms with van der Waals surface area (Å²) in [6.45, 7) is 4.07. The number of carbonyl (C=O) groups excluding carboxylic acids is 1. The topological polar surface area (TPSA) is 32.3 Å². The number of likely N-dealkylation sites (tertiary alicyclic amines) is 1. The van der Waals surface area contributed by atoms with E-state index in [0.29, 0.717) is 0 Å². The number of carbonyl (C=O) groups is 1. The third-order valence-electron chi connectivity index (χ3n) is 3.03. The number of hydrogen-bond acceptors (Lipinski definition) is 2. The van der Waals surface area contributed by atoms with Crippen LogP contribution in [0.5, 0.6) is 0 Å². The summed E-state index contributed by atoms with van der Waals surface area (Å²) in [4.78, 5) is 14.3. The van der Waals surface area contributed by atoms with Crippen molar-refractivity contribution in [3.05, 3.63) is 33.4 Å². The second-order valence-electron chi connectivity index (χ2n) is 4.28. The van der Waals surface area contributed by atoms with E-state index < -0.39 is 0 Å². The molecule has 1 aliphatic heterocycles. The Morgan fingerprint density at radius 1 is 1.29 bits per heavy atom. The molecule has 1 amide bonds. The molecule has 1 saturated heterocycles. The second kappa shape index (κ2) is 6.35. The average molecular weight is 344 g/mol. The first kappa shape index (κ1) is 12.8. The summed E-state index contributed by atoms with van der Waals surface area (Å²) < 4.78 is 1.00. The zero-order chi connectivity index (χ0) is 12.1. The van der Waals surface area contributed by atoms with E-state index in [1.165, 1.54) is 25.9 Å². The minimum atomic E-state index is 0.0363. The lowest BCUT2D eigenvalue weighted by atomic mass is 10.2. The zero-order valence-electron chi connectivity index (χ0n) is 9.79. The van der Waals surface area contributed by atoms with Gasteiger partial charge in [-0.1, -0.05) is 12.1 Å². The van der Waals surface area contributed by atoms with Crippen molar-refractivity contribution in [2.75, 3.05) is 26.2 Å². The molecule has 1 aliphatic rings. The molecule has 0 bridgehead atoms. The molecule has 0 spiro atoms. The fourth-order valence-corrected chi connectivity index (χ4v) is 2.71. The number of nitrogens with one attached hydrogen (secondary N) is 1. The van der Waals surface area contributed by atoms with Gasteiger partial charge in [0.25, 0.3) is 5.91 Å². The van der Waals surface area contributed by atoms with E-state index in [2.05, 4.69) is 32.8 Å². The highest BCUT2D eigenvalue weighted by Crippen LogP contribution is 2.11. The first-order chi connectivity index (χ1) is 8.27. The van der Waals surface area contributed by atoms with Crippen molar-refractivity contribution in [2.24, 2.45) is 0 Å². The molecule has 0 atom stereocenters. The summed E-state index contributed by atoms with van der Waals surface area (Å²) in [7, 11) is 0. The lowest BCUT2D eigenvalue weighted by molar-refractivity contribution is 0.0949. The molecule has 1 aromatic rings. The van der Waals surface area contributed by atoms with E-state index >= 15 is 0 Å². The molecule has 92 valence electrons. The summed E-state index contributed by atoms with van der Waals surface area (Å²) in [5.41, 5.74) is 0.773. The summed E-state index contributed by atoms with van der Waals surface area (Å²) in [5.74, 6) is 0.0363. The number of halogens is 1. The van der Waals surface area contributed by atoms with Crippen LogP contribution in [0.4, 0.5) is 0 Å². The lowest BCUT2D eigenvalue weighted by Gasteiger charge is -2.14. The molecular weight excluding hydrogens is 327 g/mol. The predicted octanol–water partition coefficient (Wildman–Crippen LogP) is 2.12. The molecule has 0 aliphatic carbocycles. The monoisotopic (exact) mass is 344 g/mol. The van der Waals surface area contributed by atoms with E-state index in [4.69, 9.17) is 0 Å². The van der Waals surface area contributed by atoms with Gasteiger partial charge in [-0.05, 0) is 60.7 Å². The highest BCUT2D eigenvalue weighted by atomic mass is 127. The number of benzene rings is 1. The van der Waals surface area contributed by atoms with Crippen LogP contribution in [0.2, 0.25) is 0 Å². The van der Waals surface area contributed by atoms with Gasteiger partial charge in [0, 0.05) is 16.7 Å². The molecular formula is C13H17IN2O. The maximum Gasteiger partial charge on any atom is 0.252 e. The van der Waals surface area contributed by atoms with Gasteiger partial charge in [0.2, 0.25) is 0 Å². The summed E-state index contributed by atoms with van der Waals surface area (Å²) in [5, 5.41) is 2.98. The van der Waals surface area contributed by atoms with Crippen LogP contribution in [-0.2, 0) is 0 Å². The fourth-order valence-electron chi connectivity index (χ4n) is 2.07. The van der Waals surface area contributed by atoms with Crippen LogP contribution in [0.15, 0.2) is 24.3 Å². The van der Waals surface area contributed by atoms with Gasteiger partial charge in [0.05, 0.1) is 5.56 Å². The highest BCUT2D eigenvalue weighted by Gasteiger charge is 2.12. The Kier molecular flexibility index (Phi) is 4.79. The van der Waals surface area contributed by atoms with Gasteiger partial charge in [-0.15, -0.1) is 0 Å². The Balaban J connectivity index is 1.79. The molecule has 2 rings (SSSR count). The predicted molar refractivity (Wildman–Crippen MR) is 77.2 cm³/mol. The maximum absolute atomic E-state index is 11.9. The molecule has 0 unspecified atom stereocenters. The van der Waals surface area contributed by atoms with Crippen LogP contribution >= 0.6 is 22.6 Å². The van der Waals surface area contributed by atoms with Crippen LogP contribution in [0.1, 0.15) is 23.2 Å². The molecule has 4 heteroatoms. The number of rotatable bonds is 4. The summed E-state index contributed by atoms with van der Waals surface area (Å²) in [6, 6.07) is 7.67. The molecule has 17 heavy (non-hydrogen) atoms. The second-order valence-corrected chi connectivity index (χ2v) is 5.45. The number of hydrogen-bond donors (Lipinski definition) is 1. The van der Waals surface area contributed by atoms with Crippen molar-refractivity contribution in [1.82, 2.24) is 10.2 Å². The van der Waals surface area contributed by atoms with Gasteiger partial charge in [-0.25, -0.2) is 0 Å². The van der Waals surface area contributed by atoms with Gasteiger partial charge in [0.15, 0.2) is 0 Å². The van der Waals surface area contributed by atoms with E-state index in [-0.39, 0.29) is 5.91 Å². The smallest absolute Gasteiger partial charge is 0.252 e. The Morgan fingerprint density at radius 3 is 2.71 bits per heavy atom. The number of nitrogens with zero attached hydrogens (tertiary/aromatic N) is 1. The standard InChI is InChI=1S/C13H17IN2O/c14-12-6-2-1-5-11(12)13(17)15-7-10-16-8-3-4-9-16/h1-2,5-6H,3-4,7-10H2,(H,15,17). The van der Waals surface area contributed by atoms with Crippen molar-refractivity contribution in [2.45, 2.75) is 12.8 Å². The first-order valence-corrected chi connectivity index (χ1v) is 7.10. The van der Waals surface area contributed by atoms with Crippen molar-refractivity contribution >= 4 is 28.5 Å². The highest BCUT2D eigenvalue weighted by molar-refractivity contribution is 14.1. The third kappa shape index (κ3) is 3.67. The van der Waals surface area contributed by atoms with Crippen molar-refractivity contribution in [3.8, 4) is 0 Å². The SMILES string of the molecule is O=C(NCCN1CCCC1)c1ccccc1I.